The van der Waals surface area contributed by atoms with E-state index in [0.717, 1.165) is 43.9 Å². The van der Waals surface area contributed by atoms with Gasteiger partial charge < -0.3 is 15.1 Å². The summed E-state index contributed by atoms with van der Waals surface area (Å²) in [5.41, 5.74) is 1.89. The van der Waals surface area contributed by atoms with E-state index in [1.165, 1.54) is 0 Å². The summed E-state index contributed by atoms with van der Waals surface area (Å²) in [6.07, 6.45) is 1.03. The minimum Gasteiger partial charge on any atom is -0.378 e. The third kappa shape index (κ3) is 3.01. The largest absolute Gasteiger partial charge is 0.378 e. The Bertz CT molecular complexity index is 392. The Kier molecular flexibility index (Phi) is 4.20. The first-order valence-electron chi connectivity index (χ1n) is 6.46. The molecule has 1 N–H and O–H groups in total. The van der Waals surface area contributed by atoms with E-state index in [4.69, 9.17) is 0 Å². The topological polar surface area (TPSA) is 35.6 Å². The van der Waals surface area contributed by atoms with Crippen molar-refractivity contribution in [3.63, 3.8) is 0 Å². The first kappa shape index (κ1) is 12.9. The van der Waals surface area contributed by atoms with Gasteiger partial charge in [0.2, 0.25) is 0 Å². The lowest BCUT2D eigenvalue weighted by atomic mass is 10.1. The van der Waals surface area contributed by atoms with Gasteiger partial charge >= 0.3 is 0 Å². The van der Waals surface area contributed by atoms with Crippen LogP contribution in [0.15, 0.2) is 24.3 Å². The molecule has 4 nitrogen and oxygen atoms in total. The van der Waals surface area contributed by atoms with Crippen molar-refractivity contribution in [3.8, 4) is 0 Å². The molecule has 1 aliphatic rings. The molecular formula is C14H21N3O. The summed E-state index contributed by atoms with van der Waals surface area (Å²) in [5.74, 6) is 0.143. The van der Waals surface area contributed by atoms with Crippen LogP contribution in [-0.4, -0.2) is 51.1 Å². The highest BCUT2D eigenvalue weighted by molar-refractivity contribution is 5.94. The lowest BCUT2D eigenvalue weighted by Gasteiger charge is -2.20. The van der Waals surface area contributed by atoms with Crippen LogP contribution < -0.4 is 10.2 Å². The predicted octanol–water partition coefficient (Wildman–Crippen LogP) is 1.19. The van der Waals surface area contributed by atoms with Gasteiger partial charge in [0.25, 0.3) is 5.91 Å². The fourth-order valence-corrected chi connectivity index (χ4v) is 2.13. The molecule has 1 aromatic carbocycles. The van der Waals surface area contributed by atoms with Crippen LogP contribution in [0.1, 0.15) is 16.8 Å². The zero-order chi connectivity index (χ0) is 13.0. The van der Waals surface area contributed by atoms with Gasteiger partial charge in [0.05, 0.1) is 0 Å². The van der Waals surface area contributed by atoms with Gasteiger partial charge in [-0.3, -0.25) is 4.79 Å². The first-order valence-corrected chi connectivity index (χ1v) is 6.46. The molecule has 2 rings (SSSR count). The van der Waals surface area contributed by atoms with E-state index in [1.54, 1.807) is 0 Å². The minimum atomic E-state index is 0.143. The Morgan fingerprint density at radius 2 is 1.89 bits per heavy atom. The fraction of sp³-hybridized carbons (Fsp3) is 0.500. The summed E-state index contributed by atoms with van der Waals surface area (Å²) in [5, 5.41) is 3.31. The Balaban J connectivity index is 2.07. The number of carbonyl (C=O) groups is 1. The number of rotatable bonds is 2. The molecule has 0 aromatic heterocycles. The third-order valence-electron chi connectivity index (χ3n) is 3.26. The Morgan fingerprint density at radius 3 is 2.56 bits per heavy atom. The molecule has 0 atom stereocenters. The lowest BCUT2D eigenvalue weighted by molar-refractivity contribution is 0.0766. The third-order valence-corrected chi connectivity index (χ3v) is 3.26. The smallest absolute Gasteiger partial charge is 0.253 e. The highest BCUT2D eigenvalue weighted by atomic mass is 16.2. The van der Waals surface area contributed by atoms with Crippen LogP contribution in [0.25, 0.3) is 0 Å². The van der Waals surface area contributed by atoms with E-state index in [9.17, 15) is 4.79 Å². The quantitative estimate of drug-likeness (QED) is 0.852. The number of anilines is 1. The van der Waals surface area contributed by atoms with Crippen LogP contribution in [0.4, 0.5) is 5.69 Å². The van der Waals surface area contributed by atoms with Crippen molar-refractivity contribution in [1.82, 2.24) is 10.2 Å². The summed E-state index contributed by atoms with van der Waals surface area (Å²) in [6.45, 7) is 3.54. The Labute approximate surface area is 109 Å². The molecule has 18 heavy (non-hydrogen) atoms. The number of hydrogen-bond donors (Lipinski definition) is 1. The number of amides is 1. The van der Waals surface area contributed by atoms with Gasteiger partial charge in [-0.15, -0.1) is 0 Å². The van der Waals surface area contributed by atoms with E-state index >= 15 is 0 Å². The summed E-state index contributed by atoms with van der Waals surface area (Å²) in [6, 6.07) is 7.80. The SMILES string of the molecule is CN(C)c1ccc(C(=O)N2CCCNCC2)cc1. The van der Waals surface area contributed by atoms with Crippen LogP contribution in [0.5, 0.6) is 0 Å². The van der Waals surface area contributed by atoms with Gasteiger partial charge in [-0.2, -0.15) is 0 Å². The normalized spacial score (nSPS) is 16.2. The minimum absolute atomic E-state index is 0.143. The fourth-order valence-electron chi connectivity index (χ4n) is 2.13. The highest BCUT2D eigenvalue weighted by Crippen LogP contribution is 2.14. The van der Waals surface area contributed by atoms with Crippen LogP contribution in [0, 0.1) is 0 Å². The van der Waals surface area contributed by atoms with E-state index < -0.39 is 0 Å². The second-order valence-corrected chi connectivity index (χ2v) is 4.84. The molecule has 1 fully saturated rings. The van der Waals surface area contributed by atoms with Crippen molar-refractivity contribution in [2.75, 3.05) is 45.2 Å². The van der Waals surface area contributed by atoms with E-state index in [2.05, 4.69) is 5.32 Å². The zero-order valence-electron chi connectivity index (χ0n) is 11.1. The van der Waals surface area contributed by atoms with Crippen LogP contribution >= 0.6 is 0 Å². The summed E-state index contributed by atoms with van der Waals surface area (Å²) in [4.78, 5) is 16.3. The summed E-state index contributed by atoms with van der Waals surface area (Å²) < 4.78 is 0. The molecule has 1 heterocycles. The molecule has 0 spiro atoms. The molecule has 0 unspecified atom stereocenters. The van der Waals surface area contributed by atoms with Crippen molar-refractivity contribution in [2.24, 2.45) is 0 Å². The average Bonchev–Trinajstić information content (AvgIpc) is 2.67. The average molecular weight is 247 g/mol. The molecule has 0 bridgehead atoms. The lowest BCUT2D eigenvalue weighted by Crippen LogP contribution is -2.34. The molecule has 0 aliphatic carbocycles. The molecule has 1 aromatic rings. The van der Waals surface area contributed by atoms with Gasteiger partial charge in [-0.05, 0) is 37.2 Å². The maximum absolute atomic E-state index is 12.3. The van der Waals surface area contributed by atoms with Crippen LogP contribution in [0.3, 0.4) is 0 Å². The van der Waals surface area contributed by atoms with Crippen molar-refractivity contribution in [3.05, 3.63) is 29.8 Å². The van der Waals surface area contributed by atoms with Crippen LogP contribution in [-0.2, 0) is 0 Å². The van der Waals surface area contributed by atoms with Gasteiger partial charge in [-0.25, -0.2) is 0 Å². The second kappa shape index (κ2) is 5.87. The maximum Gasteiger partial charge on any atom is 0.253 e. The van der Waals surface area contributed by atoms with Gasteiger partial charge in [-0.1, -0.05) is 0 Å². The van der Waals surface area contributed by atoms with E-state index in [0.29, 0.717) is 0 Å². The monoisotopic (exact) mass is 247 g/mol. The molecule has 1 saturated heterocycles. The summed E-state index contributed by atoms with van der Waals surface area (Å²) in [7, 11) is 3.99. The Hall–Kier alpha value is -1.55. The second-order valence-electron chi connectivity index (χ2n) is 4.84. The standard InChI is InChI=1S/C14H21N3O/c1-16(2)13-6-4-12(5-7-13)14(18)17-10-3-8-15-9-11-17/h4-7,15H,3,8-11H2,1-2H3. The number of hydrogen-bond acceptors (Lipinski definition) is 3. The van der Waals surface area contributed by atoms with Crippen molar-refractivity contribution >= 4 is 11.6 Å². The highest BCUT2D eigenvalue weighted by Gasteiger charge is 2.16. The van der Waals surface area contributed by atoms with Gasteiger partial charge in [0.1, 0.15) is 0 Å². The number of nitrogens with one attached hydrogen (secondary N) is 1. The van der Waals surface area contributed by atoms with Crippen LogP contribution in [0.2, 0.25) is 0 Å². The predicted molar refractivity (Wildman–Crippen MR) is 74.2 cm³/mol. The van der Waals surface area contributed by atoms with Crippen molar-refractivity contribution in [2.45, 2.75) is 6.42 Å². The maximum atomic E-state index is 12.3. The molecule has 1 amide bonds. The molecular weight excluding hydrogens is 226 g/mol. The van der Waals surface area contributed by atoms with Gasteiger partial charge in [0, 0.05) is 45.0 Å². The number of benzene rings is 1. The summed E-state index contributed by atoms with van der Waals surface area (Å²) >= 11 is 0. The first-order chi connectivity index (χ1) is 8.68. The molecule has 0 radical (unpaired) electrons. The van der Waals surface area contributed by atoms with Crippen molar-refractivity contribution < 1.29 is 4.79 Å². The van der Waals surface area contributed by atoms with Gasteiger partial charge in [0.15, 0.2) is 0 Å². The molecule has 0 saturated carbocycles. The number of carbonyl (C=O) groups excluding carboxylic acids is 1. The number of nitrogens with zero attached hydrogens (tertiary/aromatic N) is 2. The van der Waals surface area contributed by atoms with Crippen molar-refractivity contribution in [1.29, 1.82) is 0 Å². The van der Waals surface area contributed by atoms with E-state index in [1.807, 2.05) is 48.2 Å². The zero-order valence-corrected chi connectivity index (χ0v) is 11.1. The van der Waals surface area contributed by atoms with E-state index in [-0.39, 0.29) is 5.91 Å². The molecule has 1 aliphatic heterocycles. The molecule has 98 valence electrons. The Morgan fingerprint density at radius 1 is 1.17 bits per heavy atom. The molecule has 4 heteroatoms.